The summed E-state index contributed by atoms with van der Waals surface area (Å²) in [6, 6.07) is 11.8. The van der Waals surface area contributed by atoms with Gasteiger partial charge in [-0.1, -0.05) is 44.2 Å². The second-order valence-corrected chi connectivity index (χ2v) is 5.26. The highest BCUT2D eigenvalue weighted by Crippen LogP contribution is 2.21. The van der Waals surface area contributed by atoms with Gasteiger partial charge in [-0.2, -0.15) is 4.98 Å². The van der Waals surface area contributed by atoms with Crippen LogP contribution in [0.5, 0.6) is 0 Å². The van der Waals surface area contributed by atoms with Gasteiger partial charge in [-0.25, -0.2) is 4.98 Å². The summed E-state index contributed by atoms with van der Waals surface area (Å²) < 4.78 is 0. The minimum absolute atomic E-state index is 0.0471. The van der Waals surface area contributed by atoms with Crippen LogP contribution in [-0.4, -0.2) is 34.8 Å². The zero-order valence-corrected chi connectivity index (χ0v) is 12.7. The lowest BCUT2D eigenvalue weighted by Gasteiger charge is -2.20. The number of aliphatic hydroxyl groups excluding tert-OH is 1. The zero-order valence-electron chi connectivity index (χ0n) is 12.7. The molecule has 0 fully saturated rings. The molecule has 1 aromatic heterocycles. The van der Waals surface area contributed by atoms with Gasteiger partial charge in [0, 0.05) is 18.7 Å². The molecule has 0 spiro atoms. The number of aromatic nitrogens is 2. The lowest BCUT2D eigenvalue weighted by molar-refractivity contribution is 0.248. The molecular weight excluding hydrogens is 264 g/mol. The van der Waals surface area contributed by atoms with Gasteiger partial charge in [-0.05, 0) is 5.92 Å². The molecule has 0 bridgehead atoms. The number of anilines is 2. The maximum absolute atomic E-state index is 9.44. The first kappa shape index (κ1) is 15.3. The van der Waals surface area contributed by atoms with E-state index in [0.717, 1.165) is 17.1 Å². The van der Waals surface area contributed by atoms with Crippen LogP contribution >= 0.6 is 0 Å². The second-order valence-electron chi connectivity index (χ2n) is 5.26. The van der Waals surface area contributed by atoms with Gasteiger partial charge >= 0.3 is 0 Å². The van der Waals surface area contributed by atoms with Crippen molar-refractivity contribution in [3.63, 3.8) is 0 Å². The Labute approximate surface area is 125 Å². The zero-order chi connectivity index (χ0) is 15.2. The highest BCUT2D eigenvalue weighted by molar-refractivity contribution is 5.64. The van der Waals surface area contributed by atoms with Crippen LogP contribution < -0.4 is 10.6 Å². The van der Waals surface area contributed by atoms with Crippen molar-refractivity contribution in [3.05, 3.63) is 36.4 Å². The van der Waals surface area contributed by atoms with E-state index < -0.39 is 0 Å². The van der Waals surface area contributed by atoms with E-state index in [1.165, 1.54) is 0 Å². The first-order valence-corrected chi connectivity index (χ1v) is 7.13. The fourth-order valence-corrected chi connectivity index (χ4v) is 1.99. The van der Waals surface area contributed by atoms with Crippen molar-refractivity contribution in [3.8, 4) is 11.3 Å². The molecule has 5 nitrogen and oxygen atoms in total. The fraction of sp³-hybridized carbons (Fsp3) is 0.375. The molecule has 0 saturated heterocycles. The number of benzene rings is 1. The smallest absolute Gasteiger partial charge is 0.225 e. The quantitative estimate of drug-likeness (QED) is 0.761. The second kappa shape index (κ2) is 7.04. The van der Waals surface area contributed by atoms with E-state index in [4.69, 9.17) is 0 Å². The van der Waals surface area contributed by atoms with Crippen LogP contribution in [-0.2, 0) is 0 Å². The van der Waals surface area contributed by atoms with E-state index in [1.54, 1.807) is 0 Å². The first-order valence-electron chi connectivity index (χ1n) is 7.13. The molecule has 112 valence electrons. The lowest BCUT2D eigenvalue weighted by atomic mass is 10.1. The molecular formula is C16H22N4O. The Morgan fingerprint density at radius 1 is 1.14 bits per heavy atom. The van der Waals surface area contributed by atoms with Crippen LogP contribution in [0.2, 0.25) is 0 Å². The lowest BCUT2D eigenvalue weighted by Crippen LogP contribution is -2.30. The predicted molar refractivity (Wildman–Crippen MR) is 86.3 cm³/mol. The SMILES string of the molecule is CNc1cc(-c2ccccc2)nc(N[C@H](CO)C(C)C)n1. The van der Waals surface area contributed by atoms with Gasteiger partial charge in [0.25, 0.3) is 0 Å². The number of aliphatic hydroxyl groups is 1. The van der Waals surface area contributed by atoms with Crippen molar-refractivity contribution >= 4 is 11.8 Å². The molecule has 0 aliphatic rings. The summed E-state index contributed by atoms with van der Waals surface area (Å²) in [6.07, 6.45) is 0. The molecule has 0 amide bonds. The maximum Gasteiger partial charge on any atom is 0.225 e. The summed E-state index contributed by atoms with van der Waals surface area (Å²) in [5, 5.41) is 15.7. The van der Waals surface area contributed by atoms with Crippen LogP contribution in [0.4, 0.5) is 11.8 Å². The molecule has 5 heteroatoms. The third-order valence-electron chi connectivity index (χ3n) is 3.37. The van der Waals surface area contributed by atoms with Crippen molar-refractivity contribution in [2.75, 3.05) is 24.3 Å². The van der Waals surface area contributed by atoms with Crippen molar-refractivity contribution < 1.29 is 5.11 Å². The molecule has 0 aliphatic heterocycles. The summed E-state index contributed by atoms with van der Waals surface area (Å²) >= 11 is 0. The summed E-state index contributed by atoms with van der Waals surface area (Å²) in [4.78, 5) is 8.95. The van der Waals surface area contributed by atoms with E-state index in [-0.39, 0.29) is 18.6 Å². The molecule has 3 N–H and O–H groups in total. The summed E-state index contributed by atoms with van der Waals surface area (Å²) in [6.45, 7) is 4.15. The number of nitrogens with zero attached hydrogens (tertiary/aromatic N) is 2. The minimum atomic E-state index is -0.0688. The van der Waals surface area contributed by atoms with Crippen LogP contribution in [0, 0.1) is 5.92 Å². The van der Waals surface area contributed by atoms with Crippen molar-refractivity contribution in [1.29, 1.82) is 0 Å². The summed E-state index contributed by atoms with van der Waals surface area (Å²) in [5.41, 5.74) is 1.88. The third kappa shape index (κ3) is 3.92. The van der Waals surface area contributed by atoms with Gasteiger partial charge in [0.1, 0.15) is 5.82 Å². The van der Waals surface area contributed by atoms with Crippen molar-refractivity contribution in [1.82, 2.24) is 9.97 Å². The minimum Gasteiger partial charge on any atom is -0.394 e. The van der Waals surface area contributed by atoms with Gasteiger partial charge in [-0.3, -0.25) is 0 Å². The van der Waals surface area contributed by atoms with Gasteiger partial charge in [0.2, 0.25) is 5.95 Å². The molecule has 1 atom stereocenters. The number of hydrogen-bond acceptors (Lipinski definition) is 5. The molecule has 0 saturated carbocycles. The summed E-state index contributed by atoms with van der Waals surface area (Å²) in [5.74, 6) is 1.55. The molecule has 2 rings (SSSR count). The maximum atomic E-state index is 9.44. The van der Waals surface area contributed by atoms with Crippen LogP contribution in [0.15, 0.2) is 36.4 Å². The van der Waals surface area contributed by atoms with Crippen LogP contribution in [0.25, 0.3) is 11.3 Å². The van der Waals surface area contributed by atoms with Gasteiger partial charge in [0.05, 0.1) is 18.3 Å². The van der Waals surface area contributed by atoms with E-state index in [2.05, 4.69) is 20.6 Å². The molecule has 2 aromatic rings. The molecule has 0 radical (unpaired) electrons. The Balaban J connectivity index is 2.34. The Morgan fingerprint density at radius 3 is 2.43 bits per heavy atom. The Kier molecular flexibility index (Phi) is 5.11. The normalized spacial score (nSPS) is 12.2. The Hall–Kier alpha value is -2.14. The molecule has 21 heavy (non-hydrogen) atoms. The van der Waals surface area contributed by atoms with Crippen LogP contribution in [0.1, 0.15) is 13.8 Å². The van der Waals surface area contributed by atoms with Crippen molar-refractivity contribution in [2.45, 2.75) is 19.9 Å². The highest BCUT2D eigenvalue weighted by Gasteiger charge is 2.14. The number of rotatable bonds is 6. The Morgan fingerprint density at radius 2 is 1.86 bits per heavy atom. The van der Waals surface area contributed by atoms with E-state index in [1.807, 2.05) is 57.3 Å². The predicted octanol–water partition coefficient (Wildman–Crippen LogP) is 2.61. The average Bonchev–Trinajstić information content (AvgIpc) is 2.52. The molecule has 0 aliphatic carbocycles. The molecule has 1 heterocycles. The van der Waals surface area contributed by atoms with Crippen molar-refractivity contribution in [2.24, 2.45) is 5.92 Å². The third-order valence-corrected chi connectivity index (χ3v) is 3.37. The molecule has 1 aromatic carbocycles. The average molecular weight is 286 g/mol. The van der Waals surface area contributed by atoms with Gasteiger partial charge in [-0.15, -0.1) is 0 Å². The summed E-state index contributed by atoms with van der Waals surface area (Å²) in [7, 11) is 1.83. The standard InChI is InChI=1S/C16H22N4O/c1-11(2)14(10-21)19-16-18-13(9-15(17-3)20-16)12-7-5-4-6-8-12/h4-9,11,14,21H,10H2,1-3H3,(H2,17,18,19,20)/t14-/m1/s1. The van der Waals surface area contributed by atoms with Gasteiger partial charge < -0.3 is 15.7 Å². The van der Waals surface area contributed by atoms with E-state index >= 15 is 0 Å². The first-order chi connectivity index (χ1) is 10.1. The molecule has 0 unspecified atom stereocenters. The fourth-order valence-electron chi connectivity index (χ4n) is 1.99. The number of hydrogen-bond donors (Lipinski definition) is 3. The van der Waals surface area contributed by atoms with Gasteiger partial charge in [0.15, 0.2) is 0 Å². The largest absolute Gasteiger partial charge is 0.394 e. The monoisotopic (exact) mass is 286 g/mol. The van der Waals surface area contributed by atoms with E-state index in [9.17, 15) is 5.11 Å². The number of nitrogens with one attached hydrogen (secondary N) is 2. The highest BCUT2D eigenvalue weighted by atomic mass is 16.3. The van der Waals surface area contributed by atoms with Crippen LogP contribution in [0.3, 0.4) is 0 Å². The Bertz CT molecular complexity index is 572. The van der Waals surface area contributed by atoms with E-state index in [0.29, 0.717) is 5.95 Å². The topological polar surface area (TPSA) is 70.1 Å².